The predicted octanol–water partition coefficient (Wildman–Crippen LogP) is 5.16. The Balaban J connectivity index is 1.91. The third-order valence-corrected chi connectivity index (χ3v) is 5.28. The SMILES string of the molecule is O=C(O)CNC(=O)c1cc2ccccc2cc1NC(=O)Cc1c(Cl)cc(C(F)(F)F)cc1Cl. The summed E-state index contributed by atoms with van der Waals surface area (Å²) in [7, 11) is 0. The third-order valence-electron chi connectivity index (χ3n) is 4.61. The van der Waals surface area contributed by atoms with E-state index in [0.717, 1.165) is 0 Å². The van der Waals surface area contributed by atoms with Crippen LogP contribution in [0.2, 0.25) is 10.0 Å². The van der Waals surface area contributed by atoms with Crippen LogP contribution in [0.1, 0.15) is 21.5 Å². The lowest BCUT2D eigenvalue weighted by molar-refractivity contribution is -0.138. The largest absolute Gasteiger partial charge is 0.480 e. The molecule has 0 heterocycles. The quantitative estimate of drug-likeness (QED) is 0.437. The molecule has 0 fully saturated rings. The number of carbonyl (C=O) groups is 3. The summed E-state index contributed by atoms with van der Waals surface area (Å²) in [4.78, 5) is 36.0. The van der Waals surface area contributed by atoms with E-state index in [0.29, 0.717) is 22.9 Å². The third kappa shape index (κ3) is 5.94. The normalized spacial score (nSPS) is 11.3. The summed E-state index contributed by atoms with van der Waals surface area (Å²) >= 11 is 11.9. The van der Waals surface area contributed by atoms with Gasteiger partial charge in [-0.2, -0.15) is 13.2 Å². The van der Waals surface area contributed by atoms with Crippen LogP contribution < -0.4 is 10.6 Å². The molecule has 0 aromatic heterocycles. The summed E-state index contributed by atoms with van der Waals surface area (Å²) in [5.41, 5.74) is -0.969. The van der Waals surface area contributed by atoms with Gasteiger partial charge in [-0.1, -0.05) is 47.5 Å². The molecule has 0 spiro atoms. The van der Waals surface area contributed by atoms with Gasteiger partial charge in [-0.05, 0) is 40.6 Å². The second-order valence-electron chi connectivity index (χ2n) is 6.96. The van der Waals surface area contributed by atoms with Gasteiger partial charge in [0.2, 0.25) is 5.91 Å². The predicted molar refractivity (Wildman–Crippen MR) is 118 cm³/mol. The van der Waals surface area contributed by atoms with Gasteiger partial charge in [0.1, 0.15) is 6.54 Å². The summed E-state index contributed by atoms with van der Waals surface area (Å²) < 4.78 is 38.8. The minimum atomic E-state index is -4.66. The van der Waals surface area contributed by atoms with Crippen molar-refractivity contribution in [3.8, 4) is 0 Å². The Labute approximate surface area is 195 Å². The number of hydrogen-bond donors (Lipinski definition) is 3. The number of halogens is 5. The van der Waals surface area contributed by atoms with Crippen molar-refractivity contribution in [3.63, 3.8) is 0 Å². The van der Waals surface area contributed by atoms with E-state index in [4.69, 9.17) is 28.3 Å². The summed E-state index contributed by atoms with van der Waals surface area (Å²) in [5.74, 6) is -2.67. The maximum atomic E-state index is 12.9. The van der Waals surface area contributed by atoms with Gasteiger partial charge in [-0.25, -0.2) is 0 Å². The maximum Gasteiger partial charge on any atom is 0.416 e. The topological polar surface area (TPSA) is 95.5 Å². The number of anilines is 1. The Morgan fingerprint density at radius 3 is 2.06 bits per heavy atom. The highest BCUT2D eigenvalue weighted by atomic mass is 35.5. The van der Waals surface area contributed by atoms with Crippen LogP contribution in [0.25, 0.3) is 10.8 Å². The highest BCUT2D eigenvalue weighted by Gasteiger charge is 2.32. The summed E-state index contributed by atoms with van der Waals surface area (Å²) in [6.45, 7) is -0.629. The molecule has 3 N–H and O–H groups in total. The molecule has 3 aromatic rings. The van der Waals surface area contributed by atoms with Crippen LogP contribution in [-0.4, -0.2) is 29.4 Å². The maximum absolute atomic E-state index is 12.9. The Bertz CT molecular complexity index is 1240. The lowest BCUT2D eigenvalue weighted by Crippen LogP contribution is -2.30. The van der Waals surface area contributed by atoms with E-state index < -0.39 is 42.5 Å². The minimum Gasteiger partial charge on any atom is -0.480 e. The van der Waals surface area contributed by atoms with Crippen molar-refractivity contribution in [3.05, 3.63) is 75.3 Å². The zero-order chi connectivity index (χ0) is 24.3. The second kappa shape index (κ2) is 9.68. The zero-order valence-electron chi connectivity index (χ0n) is 16.6. The number of amides is 2. The van der Waals surface area contributed by atoms with Gasteiger partial charge in [-0.3, -0.25) is 14.4 Å². The summed E-state index contributed by atoms with van der Waals surface area (Å²) in [6, 6.07) is 11.3. The van der Waals surface area contributed by atoms with Crippen LogP contribution in [-0.2, 0) is 22.2 Å². The number of carboxylic acid groups (broad SMARTS) is 1. The number of carboxylic acids is 1. The fourth-order valence-corrected chi connectivity index (χ4v) is 3.69. The number of rotatable bonds is 6. The van der Waals surface area contributed by atoms with E-state index in [1.54, 1.807) is 24.3 Å². The molecule has 0 aliphatic carbocycles. The molecule has 6 nitrogen and oxygen atoms in total. The summed E-state index contributed by atoms with van der Waals surface area (Å²) in [6.07, 6.45) is -5.11. The highest BCUT2D eigenvalue weighted by Crippen LogP contribution is 2.36. The van der Waals surface area contributed by atoms with Crippen molar-refractivity contribution in [1.82, 2.24) is 5.32 Å². The molecule has 0 saturated carbocycles. The smallest absolute Gasteiger partial charge is 0.416 e. The monoisotopic (exact) mass is 498 g/mol. The standard InChI is InChI=1S/C22H15Cl2F3N2O4/c23-16-7-13(22(25,26)27)8-17(24)14(16)9-19(30)29-18-6-12-4-2-1-3-11(12)5-15(18)21(33)28-10-20(31)32/h1-8H,9-10H2,(H,28,33)(H,29,30)(H,31,32). The molecule has 0 aliphatic heterocycles. The molecular formula is C22H15Cl2F3N2O4. The van der Waals surface area contributed by atoms with Gasteiger partial charge >= 0.3 is 12.1 Å². The fourth-order valence-electron chi connectivity index (χ4n) is 3.07. The molecule has 3 rings (SSSR count). The molecule has 2 amide bonds. The van der Waals surface area contributed by atoms with Crippen LogP contribution >= 0.6 is 23.2 Å². The van der Waals surface area contributed by atoms with Crippen molar-refractivity contribution < 1.29 is 32.7 Å². The molecule has 0 atom stereocenters. The van der Waals surface area contributed by atoms with Crippen molar-refractivity contribution in [2.75, 3.05) is 11.9 Å². The molecule has 0 aliphatic rings. The number of fused-ring (bicyclic) bond motifs is 1. The fraction of sp³-hybridized carbons (Fsp3) is 0.136. The van der Waals surface area contributed by atoms with E-state index in [2.05, 4.69) is 10.6 Å². The Kier molecular flexibility index (Phi) is 7.14. The number of aliphatic carboxylic acids is 1. The van der Waals surface area contributed by atoms with Gasteiger partial charge in [0.15, 0.2) is 0 Å². The van der Waals surface area contributed by atoms with Gasteiger partial charge in [0.25, 0.3) is 5.91 Å². The van der Waals surface area contributed by atoms with E-state index in [1.807, 2.05) is 0 Å². The molecular weight excluding hydrogens is 484 g/mol. The summed E-state index contributed by atoms with van der Waals surface area (Å²) in [5, 5.41) is 14.3. The average Bonchev–Trinajstić information content (AvgIpc) is 2.73. The molecule has 3 aromatic carbocycles. The number of nitrogens with one attached hydrogen (secondary N) is 2. The van der Waals surface area contributed by atoms with E-state index in [-0.39, 0.29) is 26.9 Å². The van der Waals surface area contributed by atoms with Crippen LogP contribution in [0.4, 0.5) is 18.9 Å². The highest BCUT2D eigenvalue weighted by molar-refractivity contribution is 6.36. The average molecular weight is 499 g/mol. The van der Waals surface area contributed by atoms with Crippen molar-refractivity contribution in [2.45, 2.75) is 12.6 Å². The number of alkyl halides is 3. The lowest BCUT2D eigenvalue weighted by Gasteiger charge is -2.15. The Morgan fingerprint density at radius 1 is 0.939 bits per heavy atom. The molecule has 33 heavy (non-hydrogen) atoms. The first-order valence-corrected chi connectivity index (χ1v) is 10.1. The first kappa shape index (κ1) is 24.3. The van der Waals surface area contributed by atoms with Crippen LogP contribution in [0.5, 0.6) is 0 Å². The number of benzene rings is 3. The Hall–Kier alpha value is -3.30. The van der Waals surface area contributed by atoms with Gasteiger partial charge < -0.3 is 15.7 Å². The minimum absolute atomic E-state index is 0.00733. The van der Waals surface area contributed by atoms with Gasteiger partial charge in [0.05, 0.1) is 23.2 Å². The molecule has 11 heteroatoms. The molecule has 172 valence electrons. The van der Waals surface area contributed by atoms with Crippen molar-refractivity contribution in [2.24, 2.45) is 0 Å². The van der Waals surface area contributed by atoms with E-state index >= 15 is 0 Å². The first-order chi connectivity index (χ1) is 15.5. The number of hydrogen-bond acceptors (Lipinski definition) is 3. The van der Waals surface area contributed by atoms with Crippen LogP contribution in [0, 0.1) is 0 Å². The molecule has 0 bridgehead atoms. The van der Waals surface area contributed by atoms with Crippen molar-refractivity contribution >= 4 is 57.4 Å². The zero-order valence-corrected chi connectivity index (χ0v) is 18.1. The molecule has 0 radical (unpaired) electrons. The first-order valence-electron chi connectivity index (χ1n) is 9.33. The lowest BCUT2D eigenvalue weighted by atomic mass is 10.0. The Morgan fingerprint density at radius 2 is 1.52 bits per heavy atom. The van der Waals surface area contributed by atoms with Gasteiger partial charge in [0, 0.05) is 10.0 Å². The van der Waals surface area contributed by atoms with E-state index in [1.165, 1.54) is 12.1 Å². The van der Waals surface area contributed by atoms with Crippen molar-refractivity contribution in [1.29, 1.82) is 0 Å². The van der Waals surface area contributed by atoms with Crippen LogP contribution in [0.15, 0.2) is 48.5 Å². The number of carbonyl (C=O) groups excluding carboxylic acids is 2. The van der Waals surface area contributed by atoms with Crippen LogP contribution in [0.3, 0.4) is 0 Å². The second-order valence-corrected chi connectivity index (χ2v) is 7.78. The van der Waals surface area contributed by atoms with E-state index in [9.17, 15) is 27.6 Å². The van der Waals surface area contributed by atoms with Gasteiger partial charge in [-0.15, -0.1) is 0 Å². The molecule has 0 unspecified atom stereocenters. The molecule has 0 saturated heterocycles.